The number of nitrogens with zero attached hydrogens (tertiary/aromatic N) is 5. The van der Waals surface area contributed by atoms with E-state index in [9.17, 15) is 13.2 Å². The average Bonchev–Trinajstić information content (AvgIpc) is 3.08. The Balaban J connectivity index is 1.66. The van der Waals surface area contributed by atoms with E-state index in [0.29, 0.717) is 12.4 Å². The summed E-state index contributed by atoms with van der Waals surface area (Å²) in [5.74, 6) is -0.621. The molecule has 23 heavy (non-hydrogen) atoms. The molecule has 0 bridgehead atoms. The number of alkyl halides is 3. The first-order valence-corrected chi connectivity index (χ1v) is 8.33. The van der Waals surface area contributed by atoms with Gasteiger partial charge in [-0.2, -0.15) is 13.2 Å². The molecule has 0 spiro atoms. The van der Waals surface area contributed by atoms with Crippen molar-refractivity contribution in [1.82, 2.24) is 19.7 Å². The van der Waals surface area contributed by atoms with Crippen molar-refractivity contribution in [3.05, 3.63) is 34.3 Å². The lowest BCUT2D eigenvalue weighted by atomic mass is 10.3. The van der Waals surface area contributed by atoms with Gasteiger partial charge in [0.2, 0.25) is 5.82 Å². The van der Waals surface area contributed by atoms with Crippen LogP contribution in [-0.2, 0) is 19.3 Å². The van der Waals surface area contributed by atoms with E-state index in [0.717, 1.165) is 24.4 Å². The van der Waals surface area contributed by atoms with Gasteiger partial charge in [-0.25, -0.2) is 4.98 Å². The van der Waals surface area contributed by atoms with Gasteiger partial charge < -0.3 is 9.47 Å². The summed E-state index contributed by atoms with van der Waals surface area (Å²) in [7, 11) is 0. The Morgan fingerprint density at radius 3 is 2.78 bits per heavy atom. The summed E-state index contributed by atoms with van der Waals surface area (Å²) in [4.78, 5) is 6.48. The van der Waals surface area contributed by atoms with Crippen LogP contribution < -0.4 is 4.90 Å². The van der Waals surface area contributed by atoms with Crippen LogP contribution in [0.2, 0.25) is 0 Å². The third-order valence-electron chi connectivity index (χ3n) is 3.62. The van der Waals surface area contributed by atoms with Crippen LogP contribution in [0.25, 0.3) is 10.2 Å². The Morgan fingerprint density at radius 1 is 1.17 bits per heavy atom. The number of halogens is 4. The molecule has 0 saturated heterocycles. The molecule has 3 aromatic rings. The van der Waals surface area contributed by atoms with Crippen molar-refractivity contribution in [2.24, 2.45) is 0 Å². The molecule has 120 valence electrons. The molecule has 0 atom stereocenters. The molecule has 10 heteroatoms. The zero-order valence-electron chi connectivity index (χ0n) is 11.5. The molecule has 0 aliphatic carbocycles. The van der Waals surface area contributed by atoms with Crippen LogP contribution in [0.15, 0.2) is 22.7 Å². The van der Waals surface area contributed by atoms with Crippen molar-refractivity contribution in [3.8, 4) is 0 Å². The topological polar surface area (TPSA) is 46.8 Å². The first-order chi connectivity index (χ1) is 10.9. The summed E-state index contributed by atoms with van der Waals surface area (Å²) in [6.07, 6.45) is -4.48. The van der Waals surface area contributed by atoms with E-state index in [1.54, 1.807) is 0 Å². The summed E-state index contributed by atoms with van der Waals surface area (Å²) >= 11 is 4.93. The molecule has 0 fully saturated rings. The number of hydrogen-bond donors (Lipinski definition) is 0. The average molecular weight is 404 g/mol. The quantitative estimate of drug-likeness (QED) is 0.621. The Bertz CT molecular complexity index is 887. The van der Waals surface area contributed by atoms with E-state index in [4.69, 9.17) is 0 Å². The second-order valence-electron chi connectivity index (χ2n) is 5.12. The summed E-state index contributed by atoms with van der Waals surface area (Å²) in [6.45, 7) is 0.899. The Labute approximate surface area is 140 Å². The molecule has 4 rings (SSSR count). The number of thiazole rings is 1. The van der Waals surface area contributed by atoms with Crippen LogP contribution in [-0.4, -0.2) is 26.3 Å². The second kappa shape index (κ2) is 5.17. The number of aromatic nitrogens is 4. The van der Waals surface area contributed by atoms with Gasteiger partial charge in [-0.1, -0.05) is 27.3 Å². The van der Waals surface area contributed by atoms with Crippen molar-refractivity contribution in [2.75, 3.05) is 11.4 Å². The molecular weight excluding hydrogens is 395 g/mol. The van der Waals surface area contributed by atoms with Crippen molar-refractivity contribution in [1.29, 1.82) is 0 Å². The fourth-order valence-electron chi connectivity index (χ4n) is 2.55. The molecule has 1 aliphatic rings. The van der Waals surface area contributed by atoms with Gasteiger partial charge in [-0.15, -0.1) is 10.2 Å². The molecule has 0 N–H and O–H groups in total. The minimum Gasteiger partial charge on any atom is -0.339 e. The maximum absolute atomic E-state index is 12.9. The van der Waals surface area contributed by atoms with Crippen LogP contribution in [0.3, 0.4) is 0 Å². The fraction of sp³-hybridized carbons (Fsp3) is 0.308. The van der Waals surface area contributed by atoms with Gasteiger partial charge in [0.15, 0.2) is 11.0 Å². The summed E-state index contributed by atoms with van der Waals surface area (Å²) in [6, 6.07) is 5.80. The number of fused-ring (bicyclic) bond motifs is 2. The van der Waals surface area contributed by atoms with Crippen molar-refractivity contribution in [3.63, 3.8) is 0 Å². The third-order valence-corrected chi connectivity index (χ3v) is 5.19. The second-order valence-corrected chi connectivity index (χ2v) is 7.04. The predicted octanol–water partition coefficient (Wildman–Crippen LogP) is 3.69. The van der Waals surface area contributed by atoms with Gasteiger partial charge in [-0.3, -0.25) is 0 Å². The summed E-state index contributed by atoms with van der Waals surface area (Å²) in [5.41, 5.74) is 0.872. The smallest absolute Gasteiger partial charge is 0.339 e. The van der Waals surface area contributed by atoms with Crippen LogP contribution >= 0.6 is 27.3 Å². The first-order valence-electron chi connectivity index (χ1n) is 6.72. The molecule has 5 nitrogen and oxygen atoms in total. The lowest BCUT2D eigenvalue weighted by molar-refractivity contribution is -0.147. The Kier molecular flexibility index (Phi) is 3.34. The van der Waals surface area contributed by atoms with E-state index < -0.39 is 12.0 Å². The van der Waals surface area contributed by atoms with Crippen molar-refractivity contribution >= 4 is 42.6 Å². The number of benzene rings is 1. The molecule has 0 saturated carbocycles. The lowest BCUT2D eigenvalue weighted by Gasteiger charge is -2.27. The zero-order valence-corrected chi connectivity index (χ0v) is 13.9. The minimum absolute atomic E-state index is 0.191. The maximum Gasteiger partial charge on any atom is 0.451 e. The maximum atomic E-state index is 12.9. The van der Waals surface area contributed by atoms with E-state index in [-0.39, 0.29) is 13.1 Å². The van der Waals surface area contributed by atoms with E-state index >= 15 is 0 Å². The molecule has 1 aromatic carbocycles. The SMILES string of the molecule is FC(F)(F)c1nnc2n1CCN(c1nc3ccc(Br)cc3s1)C2. The van der Waals surface area contributed by atoms with Crippen LogP contribution in [0.1, 0.15) is 11.6 Å². The van der Waals surface area contributed by atoms with Crippen LogP contribution in [0.5, 0.6) is 0 Å². The van der Waals surface area contributed by atoms with Crippen molar-refractivity contribution in [2.45, 2.75) is 19.3 Å². The number of anilines is 1. The first kappa shape index (κ1) is 14.9. The third kappa shape index (κ3) is 2.59. The van der Waals surface area contributed by atoms with Gasteiger partial charge in [0.25, 0.3) is 0 Å². The van der Waals surface area contributed by atoms with E-state index in [2.05, 4.69) is 31.1 Å². The largest absolute Gasteiger partial charge is 0.451 e. The molecule has 3 heterocycles. The lowest BCUT2D eigenvalue weighted by Crippen LogP contribution is -2.35. The standard InChI is InChI=1S/C13H9BrF3N5S/c14-7-1-2-8-9(5-7)23-12(18-8)21-3-4-22-10(6-21)19-20-11(22)13(15,16)17/h1-2,5H,3-4,6H2. The van der Waals surface area contributed by atoms with Gasteiger partial charge in [0, 0.05) is 17.6 Å². The highest BCUT2D eigenvalue weighted by atomic mass is 79.9. The molecular formula is C13H9BrF3N5S. The minimum atomic E-state index is -4.48. The van der Waals surface area contributed by atoms with Crippen LogP contribution in [0.4, 0.5) is 18.3 Å². The van der Waals surface area contributed by atoms with Gasteiger partial charge >= 0.3 is 6.18 Å². The Morgan fingerprint density at radius 2 is 2.00 bits per heavy atom. The Hall–Kier alpha value is -1.68. The highest BCUT2D eigenvalue weighted by molar-refractivity contribution is 9.10. The zero-order chi connectivity index (χ0) is 16.2. The van der Waals surface area contributed by atoms with Gasteiger partial charge in [0.1, 0.15) is 0 Å². The number of hydrogen-bond acceptors (Lipinski definition) is 5. The highest BCUT2D eigenvalue weighted by Crippen LogP contribution is 2.34. The highest BCUT2D eigenvalue weighted by Gasteiger charge is 2.39. The van der Waals surface area contributed by atoms with E-state index in [1.165, 1.54) is 11.3 Å². The summed E-state index contributed by atoms with van der Waals surface area (Å²) in [5, 5.41) is 7.76. The normalized spacial score (nSPS) is 15.2. The van der Waals surface area contributed by atoms with Gasteiger partial charge in [0.05, 0.1) is 16.8 Å². The van der Waals surface area contributed by atoms with E-state index in [1.807, 2.05) is 23.1 Å². The fourth-order valence-corrected chi connectivity index (χ4v) is 4.09. The van der Waals surface area contributed by atoms with Crippen LogP contribution in [0, 0.1) is 0 Å². The molecule has 0 radical (unpaired) electrons. The molecule has 1 aliphatic heterocycles. The van der Waals surface area contributed by atoms with Gasteiger partial charge in [-0.05, 0) is 18.2 Å². The number of rotatable bonds is 1. The van der Waals surface area contributed by atoms with Crippen molar-refractivity contribution < 1.29 is 13.2 Å². The monoisotopic (exact) mass is 403 g/mol. The molecule has 2 aromatic heterocycles. The molecule has 0 amide bonds. The summed E-state index contributed by atoms with van der Waals surface area (Å²) < 4.78 is 41.7. The molecule has 0 unspecified atom stereocenters. The predicted molar refractivity (Wildman–Crippen MR) is 83.4 cm³/mol.